The average molecular weight is 762 g/mol. The lowest BCUT2D eigenvalue weighted by atomic mass is 9.95. The van der Waals surface area contributed by atoms with Gasteiger partial charge in [-0.1, -0.05) is 92.1 Å². The summed E-state index contributed by atoms with van der Waals surface area (Å²) in [5, 5.41) is 25.2. The van der Waals surface area contributed by atoms with E-state index in [2.05, 4.69) is 26.6 Å². The SMILES string of the molecule is CCC(C)C(NC(=O)CCC(O)C(Cc1ccccc1)NC(=O)C(NC(=O)C(CC(C)C)NC(=O)OC(C)(C)C)C(C)C)C(=O)NC(C(=O)OC)C(C)C. The highest BCUT2D eigenvalue weighted by Gasteiger charge is 2.34. The van der Waals surface area contributed by atoms with E-state index < -0.39 is 77.6 Å². The largest absolute Gasteiger partial charge is 0.467 e. The van der Waals surface area contributed by atoms with E-state index in [4.69, 9.17) is 9.47 Å². The maximum atomic E-state index is 13.8. The molecular weight excluding hydrogens is 694 g/mol. The lowest BCUT2D eigenvalue weighted by Gasteiger charge is -2.30. The van der Waals surface area contributed by atoms with E-state index >= 15 is 0 Å². The second kappa shape index (κ2) is 22.9. The minimum Gasteiger partial charge on any atom is -0.467 e. The van der Waals surface area contributed by atoms with Crippen molar-refractivity contribution in [3.05, 3.63) is 35.9 Å². The number of rotatable bonds is 21. The fourth-order valence-corrected chi connectivity index (χ4v) is 5.66. The van der Waals surface area contributed by atoms with Crippen molar-refractivity contribution in [2.75, 3.05) is 7.11 Å². The Morgan fingerprint density at radius 1 is 0.741 bits per heavy atom. The van der Waals surface area contributed by atoms with Crippen molar-refractivity contribution in [2.45, 2.75) is 150 Å². The van der Waals surface area contributed by atoms with Crippen molar-refractivity contribution in [1.29, 1.82) is 0 Å². The van der Waals surface area contributed by atoms with Gasteiger partial charge in [-0.2, -0.15) is 0 Å². The number of carbonyl (C=O) groups excluding carboxylic acids is 6. The lowest BCUT2D eigenvalue weighted by molar-refractivity contribution is -0.147. The van der Waals surface area contributed by atoms with Gasteiger partial charge >= 0.3 is 12.1 Å². The normalized spacial score (nSPS) is 15.6. The predicted molar refractivity (Wildman–Crippen MR) is 207 cm³/mol. The molecular formula is C40H67N5O9. The molecule has 0 aromatic heterocycles. The molecule has 1 aromatic rings. The van der Waals surface area contributed by atoms with Gasteiger partial charge in [-0.05, 0) is 69.3 Å². The van der Waals surface area contributed by atoms with E-state index in [0.29, 0.717) is 12.8 Å². The van der Waals surface area contributed by atoms with Crippen molar-refractivity contribution in [2.24, 2.45) is 23.7 Å². The van der Waals surface area contributed by atoms with Crippen LogP contribution in [-0.2, 0) is 39.9 Å². The van der Waals surface area contributed by atoms with Crippen molar-refractivity contribution >= 4 is 35.7 Å². The Labute approximate surface area is 322 Å². The molecule has 5 amide bonds. The van der Waals surface area contributed by atoms with Gasteiger partial charge in [0.15, 0.2) is 0 Å². The first kappa shape index (κ1) is 47.8. The molecule has 14 heteroatoms. The van der Waals surface area contributed by atoms with Gasteiger partial charge in [0.05, 0.1) is 19.3 Å². The molecule has 1 rings (SSSR count). The van der Waals surface area contributed by atoms with Crippen molar-refractivity contribution in [1.82, 2.24) is 26.6 Å². The Hall–Kier alpha value is -4.20. The quantitative estimate of drug-likeness (QED) is 0.101. The third kappa shape index (κ3) is 17.3. The summed E-state index contributed by atoms with van der Waals surface area (Å²) >= 11 is 0. The van der Waals surface area contributed by atoms with Gasteiger partial charge in [-0.3, -0.25) is 19.2 Å². The van der Waals surface area contributed by atoms with Gasteiger partial charge in [-0.25, -0.2) is 9.59 Å². The Balaban J connectivity index is 3.18. The zero-order valence-electron chi connectivity index (χ0n) is 34.4. The number of esters is 1. The number of benzene rings is 1. The van der Waals surface area contributed by atoms with E-state index in [-0.39, 0.29) is 42.9 Å². The number of nitrogens with one attached hydrogen (secondary N) is 5. The summed E-state index contributed by atoms with van der Waals surface area (Å²) in [6, 6.07) is 4.57. The second-order valence-electron chi connectivity index (χ2n) is 16.2. The average Bonchev–Trinajstić information content (AvgIpc) is 3.08. The molecule has 0 aliphatic carbocycles. The summed E-state index contributed by atoms with van der Waals surface area (Å²) in [4.78, 5) is 78.8. The van der Waals surface area contributed by atoms with Crippen LogP contribution in [0.4, 0.5) is 4.79 Å². The van der Waals surface area contributed by atoms with Crippen LogP contribution in [0.3, 0.4) is 0 Å². The lowest BCUT2D eigenvalue weighted by Crippen LogP contribution is -2.58. The molecule has 6 N–H and O–H groups in total. The van der Waals surface area contributed by atoms with Crippen LogP contribution in [0.5, 0.6) is 0 Å². The molecule has 0 spiro atoms. The van der Waals surface area contributed by atoms with Gasteiger partial charge in [-0.15, -0.1) is 0 Å². The molecule has 0 fully saturated rings. The van der Waals surface area contributed by atoms with Gasteiger partial charge < -0.3 is 41.2 Å². The molecule has 306 valence electrons. The maximum absolute atomic E-state index is 13.8. The molecule has 14 nitrogen and oxygen atoms in total. The van der Waals surface area contributed by atoms with E-state index in [1.165, 1.54) is 7.11 Å². The minimum absolute atomic E-state index is 0.0382. The number of carbonyl (C=O) groups is 6. The summed E-state index contributed by atoms with van der Waals surface area (Å²) in [6.07, 6.45) is -1.05. The topological polar surface area (TPSA) is 201 Å². The van der Waals surface area contributed by atoms with Crippen LogP contribution >= 0.6 is 0 Å². The number of amides is 5. The summed E-state index contributed by atoms with van der Waals surface area (Å²) in [5.41, 5.74) is 0.0555. The Bertz CT molecular complexity index is 1360. The smallest absolute Gasteiger partial charge is 0.408 e. The monoisotopic (exact) mass is 761 g/mol. The number of alkyl carbamates (subject to hydrolysis) is 1. The first-order valence-electron chi connectivity index (χ1n) is 19.1. The molecule has 7 unspecified atom stereocenters. The van der Waals surface area contributed by atoms with Gasteiger partial charge in [0, 0.05) is 6.42 Å². The fraction of sp³-hybridized carbons (Fsp3) is 0.700. The Morgan fingerprint density at radius 2 is 1.30 bits per heavy atom. The van der Waals surface area contributed by atoms with E-state index in [9.17, 15) is 33.9 Å². The molecule has 0 aliphatic rings. The summed E-state index contributed by atoms with van der Waals surface area (Å²) < 4.78 is 10.2. The number of hydrogen-bond acceptors (Lipinski definition) is 9. The highest BCUT2D eigenvalue weighted by Crippen LogP contribution is 2.16. The number of aliphatic hydroxyl groups excluding tert-OH is 1. The molecule has 0 radical (unpaired) electrons. The van der Waals surface area contributed by atoms with E-state index in [1.54, 1.807) is 48.5 Å². The van der Waals surface area contributed by atoms with Crippen LogP contribution in [0, 0.1) is 23.7 Å². The summed E-state index contributed by atoms with van der Waals surface area (Å²) in [7, 11) is 1.24. The van der Waals surface area contributed by atoms with Crippen LogP contribution in [-0.4, -0.2) is 89.8 Å². The van der Waals surface area contributed by atoms with Gasteiger partial charge in [0.2, 0.25) is 23.6 Å². The minimum atomic E-state index is -1.19. The summed E-state index contributed by atoms with van der Waals surface area (Å²) in [6.45, 7) is 19.8. The second-order valence-corrected chi connectivity index (χ2v) is 16.2. The molecule has 0 heterocycles. The van der Waals surface area contributed by atoms with Crippen LogP contribution in [0.2, 0.25) is 0 Å². The van der Waals surface area contributed by atoms with Crippen molar-refractivity contribution in [3.63, 3.8) is 0 Å². The third-order valence-electron chi connectivity index (χ3n) is 8.95. The molecule has 0 saturated carbocycles. The van der Waals surface area contributed by atoms with Gasteiger partial charge in [0.1, 0.15) is 29.8 Å². The first-order chi connectivity index (χ1) is 25.1. The fourth-order valence-electron chi connectivity index (χ4n) is 5.66. The molecule has 0 bridgehead atoms. The zero-order valence-corrected chi connectivity index (χ0v) is 34.4. The molecule has 54 heavy (non-hydrogen) atoms. The van der Waals surface area contributed by atoms with Crippen LogP contribution in [0.1, 0.15) is 107 Å². The highest BCUT2D eigenvalue weighted by molar-refractivity contribution is 5.92. The Morgan fingerprint density at radius 3 is 1.80 bits per heavy atom. The van der Waals surface area contributed by atoms with Gasteiger partial charge in [0.25, 0.3) is 0 Å². The van der Waals surface area contributed by atoms with Crippen LogP contribution in [0.25, 0.3) is 0 Å². The number of methoxy groups -OCH3 is 1. The molecule has 0 aliphatic heterocycles. The molecule has 0 saturated heterocycles. The molecule has 7 atom stereocenters. The zero-order chi connectivity index (χ0) is 41.3. The van der Waals surface area contributed by atoms with Crippen LogP contribution < -0.4 is 26.6 Å². The van der Waals surface area contributed by atoms with E-state index in [1.807, 2.05) is 58.0 Å². The highest BCUT2D eigenvalue weighted by atomic mass is 16.6. The molecule has 1 aromatic carbocycles. The Kier molecular flexibility index (Phi) is 20.3. The maximum Gasteiger partial charge on any atom is 0.408 e. The number of ether oxygens (including phenoxy) is 2. The number of aliphatic hydroxyl groups is 1. The number of hydrogen-bond donors (Lipinski definition) is 6. The predicted octanol–water partition coefficient (Wildman–Crippen LogP) is 3.78. The van der Waals surface area contributed by atoms with Crippen molar-refractivity contribution in [3.8, 4) is 0 Å². The first-order valence-corrected chi connectivity index (χ1v) is 19.1. The van der Waals surface area contributed by atoms with E-state index in [0.717, 1.165) is 5.56 Å². The summed E-state index contributed by atoms with van der Waals surface area (Å²) in [5.74, 6) is -3.53. The van der Waals surface area contributed by atoms with Crippen molar-refractivity contribution < 1.29 is 43.3 Å². The third-order valence-corrected chi connectivity index (χ3v) is 8.95. The van der Waals surface area contributed by atoms with Crippen LogP contribution in [0.15, 0.2) is 30.3 Å². The standard InChI is InChI=1S/C40H67N5O9/c1-13-26(8)34(37(50)45-33(25(6)7)38(51)53-12)43-31(47)20-19-30(46)28(22-27-17-15-14-16-18-27)41-36(49)32(24(4)5)44-35(48)29(21-23(2)3)42-39(52)54-40(9,10)11/h14-18,23-26,28-30,32-34,46H,13,19-22H2,1-12H3,(H,41,49)(H,42,52)(H,43,47)(H,44,48)(H,45,50).